The smallest absolute Gasteiger partial charge is 0.205 e. The van der Waals surface area contributed by atoms with Gasteiger partial charge in [0.2, 0.25) is 5.62 Å². The second-order valence-electron chi connectivity index (χ2n) is 8.53. The monoisotopic (exact) mass is 457 g/mol. The highest BCUT2D eigenvalue weighted by molar-refractivity contribution is 5.85. The molecule has 0 radical (unpaired) electrons. The molecule has 0 aliphatic carbocycles. The van der Waals surface area contributed by atoms with Gasteiger partial charge in [0.1, 0.15) is 6.73 Å². The van der Waals surface area contributed by atoms with Crippen LogP contribution in [0.25, 0.3) is 11.0 Å². The summed E-state index contributed by atoms with van der Waals surface area (Å²) in [7, 11) is 0. The SMILES string of the molecule is CCCCCCCCCCCCOCn1c(=N)n(Cc2ccccc2)c2ccccc21.Cl. The van der Waals surface area contributed by atoms with Gasteiger partial charge in [0.05, 0.1) is 17.6 Å². The molecule has 0 unspecified atom stereocenters. The first-order valence-electron chi connectivity index (χ1n) is 12.2. The third-order valence-electron chi connectivity index (χ3n) is 6.02. The number of para-hydroxylation sites is 2. The molecule has 2 aromatic carbocycles. The lowest BCUT2D eigenvalue weighted by Gasteiger charge is -2.07. The van der Waals surface area contributed by atoms with Gasteiger partial charge in [0, 0.05) is 6.61 Å². The molecule has 4 nitrogen and oxygen atoms in total. The standard InChI is InChI=1S/C27H39N3O.ClH/c1-2-3-4-5-6-7-8-9-10-16-21-31-23-30-26-20-15-14-19-25(26)29(27(30)28)22-24-17-12-11-13-18-24;/h11-15,17-20,28H,2-10,16,21-23H2,1H3;1H. The van der Waals surface area contributed by atoms with Crippen molar-refractivity contribution in [2.24, 2.45) is 0 Å². The van der Waals surface area contributed by atoms with Crippen LogP contribution >= 0.6 is 12.4 Å². The number of aromatic nitrogens is 2. The summed E-state index contributed by atoms with van der Waals surface area (Å²) < 4.78 is 10.0. The van der Waals surface area contributed by atoms with Crippen LogP contribution in [-0.2, 0) is 18.0 Å². The van der Waals surface area contributed by atoms with E-state index < -0.39 is 0 Å². The zero-order chi connectivity index (χ0) is 21.7. The molecular weight excluding hydrogens is 418 g/mol. The van der Waals surface area contributed by atoms with Crippen LogP contribution in [0.1, 0.15) is 76.7 Å². The summed E-state index contributed by atoms with van der Waals surface area (Å²) in [5.41, 5.74) is 3.84. The summed E-state index contributed by atoms with van der Waals surface area (Å²) in [4.78, 5) is 0. The third-order valence-corrected chi connectivity index (χ3v) is 6.02. The molecule has 5 heteroatoms. The highest BCUT2D eigenvalue weighted by atomic mass is 35.5. The van der Waals surface area contributed by atoms with Crippen molar-refractivity contribution in [3.63, 3.8) is 0 Å². The van der Waals surface area contributed by atoms with Gasteiger partial charge in [0.25, 0.3) is 0 Å². The van der Waals surface area contributed by atoms with E-state index in [1.807, 2.05) is 34.9 Å². The van der Waals surface area contributed by atoms with Crippen molar-refractivity contribution in [2.45, 2.75) is 84.4 Å². The zero-order valence-electron chi connectivity index (χ0n) is 19.6. The summed E-state index contributed by atoms with van der Waals surface area (Å²) >= 11 is 0. The van der Waals surface area contributed by atoms with Gasteiger partial charge < -0.3 is 9.30 Å². The van der Waals surface area contributed by atoms with Gasteiger partial charge in [-0.1, -0.05) is 107 Å². The van der Waals surface area contributed by atoms with E-state index >= 15 is 0 Å². The minimum atomic E-state index is 0. The van der Waals surface area contributed by atoms with Crippen LogP contribution in [0, 0.1) is 5.41 Å². The van der Waals surface area contributed by atoms with Gasteiger partial charge in [-0.3, -0.25) is 9.98 Å². The molecule has 0 saturated carbocycles. The zero-order valence-corrected chi connectivity index (χ0v) is 20.4. The fraction of sp³-hybridized carbons (Fsp3) is 0.519. The van der Waals surface area contributed by atoms with Gasteiger partial charge in [-0.2, -0.15) is 0 Å². The fourth-order valence-electron chi connectivity index (χ4n) is 4.20. The molecule has 1 N–H and O–H groups in total. The number of nitrogens with zero attached hydrogens (tertiary/aromatic N) is 2. The lowest BCUT2D eigenvalue weighted by molar-refractivity contribution is 0.0730. The van der Waals surface area contributed by atoms with E-state index in [-0.39, 0.29) is 12.4 Å². The Morgan fingerprint density at radius 1 is 0.688 bits per heavy atom. The van der Waals surface area contributed by atoms with E-state index in [0.29, 0.717) is 18.9 Å². The van der Waals surface area contributed by atoms with Crippen LogP contribution < -0.4 is 5.62 Å². The number of hydrogen-bond donors (Lipinski definition) is 1. The molecule has 0 saturated heterocycles. The predicted octanol–water partition coefficient (Wildman–Crippen LogP) is 7.29. The average Bonchev–Trinajstić information content (AvgIpc) is 3.06. The van der Waals surface area contributed by atoms with E-state index in [1.165, 1.54) is 63.4 Å². The lowest BCUT2D eigenvalue weighted by atomic mass is 10.1. The molecule has 0 fully saturated rings. The Morgan fingerprint density at radius 2 is 1.22 bits per heavy atom. The molecule has 0 spiro atoms. The van der Waals surface area contributed by atoms with E-state index in [0.717, 1.165) is 24.1 Å². The van der Waals surface area contributed by atoms with Crippen molar-refractivity contribution < 1.29 is 4.74 Å². The van der Waals surface area contributed by atoms with Crippen molar-refractivity contribution in [3.05, 3.63) is 65.8 Å². The van der Waals surface area contributed by atoms with Crippen LogP contribution in [-0.4, -0.2) is 15.7 Å². The van der Waals surface area contributed by atoms with Crippen molar-refractivity contribution in [1.29, 1.82) is 5.41 Å². The lowest BCUT2D eigenvalue weighted by Crippen LogP contribution is -2.26. The largest absolute Gasteiger partial charge is 0.361 e. The predicted molar refractivity (Wildman–Crippen MR) is 136 cm³/mol. The van der Waals surface area contributed by atoms with Crippen molar-refractivity contribution in [1.82, 2.24) is 9.13 Å². The van der Waals surface area contributed by atoms with Crippen LogP contribution in [0.15, 0.2) is 54.6 Å². The third kappa shape index (κ3) is 7.83. The Hall–Kier alpha value is -2.04. The van der Waals surface area contributed by atoms with Crippen LogP contribution in [0.5, 0.6) is 0 Å². The van der Waals surface area contributed by atoms with Crippen molar-refractivity contribution in [3.8, 4) is 0 Å². The number of imidazole rings is 1. The maximum atomic E-state index is 8.72. The summed E-state index contributed by atoms with van der Waals surface area (Å²) in [6.45, 7) is 4.18. The summed E-state index contributed by atoms with van der Waals surface area (Å²) in [6, 6.07) is 18.6. The molecule has 1 heterocycles. The summed E-state index contributed by atoms with van der Waals surface area (Å²) in [5.74, 6) is 0. The van der Waals surface area contributed by atoms with Gasteiger partial charge in [-0.05, 0) is 24.1 Å². The Balaban J connectivity index is 0.00000363. The molecule has 0 atom stereocenters. The molecule has 0 aliphatic heterocycles. The normalized spacial score (nSPS) is 11.0. The average molecular weight is 458 g/mol. The first-order chi connectivity index (χ1) is 15.3. The van der Waals surface area contributed by atoms with Crippen molar-refractivity contribution in [2.75, 3.05) is 6.61 Å². The Bertz CT molecular complexity index is 948. The minimum absolute atomic E-state index is 0. The number of fused-ring (bicyclic) bond motifs is 1. The van der Waals surface area contributed by atoms with E-state index in [2.05, 4.69) is 35.8 Å². The number of halogens is 1. The topological polar surface area (TPSA) is 42.9 Å². The number of benzene rings is 2. The number of ether oxygens (including phenoxy) is 1. The molecule has 0 bridgehead atoms. The number of hydrogen-bond acceptors (Lipinski definition) is 2. The molecule has 32 heavy (non-hydrogen) atoms. The fourth-order valence-corrected chi connectivity index (χ4v) is 4.20. The van der Waals surface area contributed by atoms with E-state index in [4.69, 9.17) is 10.1 Å². The maximum Gasteiger partial charge on any atom is 0.205 e. The summed E-state index contributed by atoms with van der Waals surface area (Å²) in [5, 5.41) is 8.72. The molecule has 3 rings (SSSR count). The molecule has 176 valence electrons. The molecule has 0 amide bonds. The van der Waals surface area contributed by atoms with Gasteiger partial charge in [-0.25, -0.2) is 0 Å². The Kier molecular flexibility index (Phi) is 12.2. The number of nitrogens with one attached hydrogen (secondary N) is 1. The van der Waals surface area contributed by atoms with Crippen LogP contribution in [0.3, 0.4) is 0 Å². The number of rotatable bonds is 15. The highest BCUT2D eigenvalue weighted by Crippen LogP contribution is 2.15. The molecule has 1 aromatic heterocycles. The second kappa shape index (κ2) is 14.9. The van der Waals surface area contributed by atoms with Crippen LogP contribution in [0.4, 0.5) is 0 Å². The molecule has 3 aromatic rings. The van der Waals surface area contributed by atoms with Gasteiger partial charge >= 0.3 is 0 Å². The van der Waals surface area contributed by atoms with Gasteiger partial charge in [-0.15, -0.1) is 12.4 Å². The Labute approximate surface area is 199 Å². The second-order valence-corrected chi connectivity index (χ2v) is 8.53. The Morgan fingerprint density at radius 3 is 1.84 bits per heavy atom. The highest BCUT2D eigenvalue weighted by Gasteiger charge is 2.10. The quantitative estimate of drug-likeness (QED) is 0.239. The van der Waals surface area contributed by atoms with E-state index in [9.17, 15) is 0 Å². The summed E-state index contributed by atoms with van der Waals surface area (Å²) in [6.07, 6.45) is 13.3. The van der Waals surface area contributed by atoms with Crippen LogP contribution in [0.2, 0.25) is 0 Å². The minimum Gasteiger partial charge on any atom is -0.361 e. The van der Waals surface area contributed by atoms with Gasteiger partial charge in [0.15, 0.2) is 0 Å². The van der Waals surface area contributed by atoms with Crippen molar-refractivity contribution >= 4 is 23.4 Å². The maximum absolute atomic E-state index is 8.72. The van der Waals surface area contributed by atoms with E-state index in [1.54, 1.807) is 0 Å². The molecular formula is C27H40ClN3O. The number of unbranched alkanes of at least 4 members (excludes halogenated alkanes) is 9. The first-order valence-corrected chi connectivity index (χ1v) is 12.2. The first kappa shape index (κ1) is 26.2. The molecule has 0 aliphatic rings.